The summed E-state index contributed by atoms with van der Waals surface area (Å²) in [5.74, 6) is 0.420. The minimum atomic E-state index is -3.02. The molecule has 0 atom stereocenters. The van der Waals surface area contributed by atoms with Crippen molar-refractivity contribution in [2.75, 3.05) is 24.7 Å². The van der Waals surface area contributed by atoms with Crippen molar-refractivity contribution in [1.29, 1.82) is 0 Å². The van der Waals surface area contributed by atoms with Gasteiger partial charge in [0.15, 0.2) is 0 Å². The van der Waals surface area contributed by atoms with Crippen molar-refractivity contribution in [1.82, 2.24) is 4.31 Å². The summed E-state index contributed by atoms with van der Waals surface area (Å²) in [4.78, 5) is 0. The van der Waals surface area contributed by atoms with Gasteiger partial charge in [0.2, 0.25) is 10.0 Å². The van der Waals surface area contributed by atoms with E-state index in [1.54, 1.807) is 7.05 Å². The molecule has 0 unspecified atom stereocenters. The molecule has 0 aliphatic heterocycles. The zero-order chi connectivity index (χ0) is 9.78. The maximum absolute atomic E-state index is 11.4. The monoisotopic (exact) mass is 257 g/mol. The molecule has 12 heavy (non-hydrogen) atoms. The summed E-state index contributed by atoms with van der Waals surface area (Å²) in [5, 5.41) is 0.681. The Morgan fingerprint density at radius 2 is 1.92 bits per heavy atom. The molecule has 0 spiro atoms. The van der Waals surface area contributed by atoms with Crippen molar-refractivity contribution < 1.29 is 8.42 Å². The normalized spacial score (nSPS) is 12.8. The quantitative estimate of drug-likeness (QED) is 0.697. The van der Waals surface area contributed by atoms with Crippen LogP contribution >= 0.6 is 15.9 Å². The number of hydrogen-bond acceptors (Lipinski definition) is 2. The van der Waals surface area contributed by atoms with Gasteiger partial charge in [0, 0.05) is 18.9 Å². The molecule has 0 aromatic heterocycles. The van der Waals surface area contributed by atoms with E-state index in [2.05, 4.69) is 15.9 Å². The van der Waals surface area contributed by atoms with Gasteiger partial charge in [-0.05, 0) is 5.92 Å². The van der Waals surface area contributed by atoms with Crippen molar-refractivity contribution in [3.05, 3.63) is 0 Å². The molecule has 0 saturated carbocycles. The molecule has 0 aromatic rings. The summed E-state index contributed by atoms with van der Waals surface area (Å²) >= 11 is 3.20. The number of rotatable bonds is 5. The summed E-state index contributed by atoms with van der Waals surface area (Å²) in [6, 6.07) is 0. The first-order valence-corrected chi connectivity index (χ1v) is 6.63. The van der Waals surface area contributed by atoms with Crippen LogP contribution in [0.25, 0.3) is 0 Å². The molecule has 0 amide bonds. The first-order valence-electron chi connectivity index (χ1n) is 3.90. The summed E-state index contributed by atoms with van der Waals surface area (Å²) in [6.45, 7) is 4.34. The van der Waals surface area contributed by atoms with Gasteiger partial charge < -0.3 is 0 Å². The highest BCUT2D eigenvalue weighted by Crippen LogP contribution is 2.04. The smallest absolute Gasteiger partial charge is 0.212 e. The molecule has 0 aromatic carbocycles. The Morgan fingerprint density at radius 1 is 1.42 bits per heavy atom. The van der Waals surface area contributed by atoms with Crippen LogP contribution in [0.5, 0.6) is 0 Å². The number of alkyl halides is 1. The molecule has 0 bridgehead atoms. The van der Waals surface area contributed by atoms with E-state index in [9.17, 15) is 8.42 Å². The molecule has 0 aliphatic rings. The first kappa shape index (κ1) is 12.4. The molecule has 5 heteroatoms. The minimum Gasteiger partial charge on any atom is -0.212 e. The average Bonchev–Trinajstić information content (AvgIpc) is 1.85. The zero-order valence-electron chi connectivity index (χ0n) is 7.75. The first-order chi connectivity index (χ1) is 5.40. The fourth-order valence-electron chi connectivity index (χ4n) is 0.807. The molecule has 3 nitrogen and oxygen atoms in total. The largest absolute Gasteiger partial charge is 0.214 e. The summed E-state index contributed by atoms with van der Waals surface area (Å²) < 4.78 is 24.3. The van der Waals surface area contributed by atoms with Crippen molar-refractivity contribution in [3.63, 3.8) is 0 Å². The maximum Gasteiger partial charge on any atom is 0.214 e. The Bertz CT molecular complexity index is 213. The fourth-order valence-corrected chi connectivity index (χ4v) is 3.04. The minimum absolute atomic E-state index is 0.188. The molecule has 0 aliphatic carbocycles. The highest BCUT2D eigenvalue weighted by Gasteiger charge is 2.17. The molecule has 0 heterocycles. The van der Waals surface area contributed by atoms with E-state index in [0.29, 0.717) is 11.9 Å². The van der Waals surface area contributed by atoms with E-state index in [0.717, 1.165) is 0 Å². The third kappa shape index (κ3) is 4.42. The highest BCUT2D eigenvalue weighted by molar-refractivity contribution is 9.09. The SMILES string of the molecule is CC(C)CS(=O)(=O)N(C)CCBr. The number of nitrogens with zero attached hydrogens (tertiary/aromatic N) is 1. The molecule has 0 rings (SSSR count). The van der Waals surface area contributed by atoms with E-state index in [4.69, 9.17) is 0 Å². The van der Waals surface area contributed by atoms with Crippen LogP contribution in [0.2, 0.25) is 0 Å². The third-order valence-electron chi connectivity index (χ3n) is 1.42. The molecule has 0 N–H and O–H groups in total. The molecule has 0 radical (unpaired) electrons. The van der Waals surface area contributed by atoms with Crippen molar-refractivity contribution >= 4 is 26.0 Å². The number of halogens is 1. The lowest BCUT2D eigenvalue weighted by Gasteiger charge is -2.16. The highest BCUT2D eigenvalue weighted by atomic mass is 79.9. The molecular weight excluding hydrogens is 242 g/mol. The van der Waals surface area contributed by atoms with Crippen LogP contribution in [-0.4, -0.2) is 37.4 Å². The topological polar surface area (TPSA) is 37.4 Å². The van der Waals surface area contributed by atoms with Crippen LogP contribution in [0.3, 0.4) is 0 Å². The van der Waals surface area contributed by atoms with Gasteiger partial charge in [-0.2, -0.15) is 0 Å². The Hall–Kier alpha value is 0.390. The molecule has 74 valence electrons. The lowest BCUT2D eigenvalue weighted by atomic mass is 10.3. The summed E-state index contributed by atoms with van der Waals surface area (Å²) in [5.41, 5.74) is 0. The van der Waals surface area contributed by atoms with Crippen molar-refractivity contribution in [2.24, 2.45) is 5.92 Å². The van der Waals surface area contributed by atoms with Crippen LogP contribution in [-0.2, 0) is 10.0 Å². The second kappa shape index (κ2) is 5.19. The zero-order valence-corrected chi connectivity index (χ0v) is 10.2. The van der Waals surface area contributed by atoms with Gasteiger partial charge >= 0.3 is 0 Å². The summed E-state index contributed by atoms with van der Waals surface area (Å²) in [6.07, 6.45) is 0. The van der Waals surface area contributed by atoms with Crippen LogP contribution in [0.15, 0.2) is 0 Å². The van der Waals surface area contributed by atoms with E-state index >= 15 is 0 Å². The standard InChI is InChI=1S/C7H16BrNO2S/c1-7(2)6-12(10,11)9(3)5-4-8/h7H,4-6H2,1-3H3. The van der Waals surface area contributed by atoms with Crippen LogP contribution in [0.1, 0.15) is 13.8 Å². The van der Waals surface area contributed by atoms with Crippen LogP contribution in [0.4, 0.5) is 0 Å². The lowest BCUT2D eigenvalue weighted by Crippen LogP contribution is -2.32. The van der Waals surface area contributed by atoms with Gasteiger partial charge in [0.05, 0.1) is 5.75 Å². The van der Waals surface area contributed by atoms with Gasteiger partial charge in [-0.1, -0.05) is 29.8 Å². The summed E-state index contributed by atoms with van der Waals surface area (Å²) in [7, 11) is -1.41. The average molecular weight is 258 g/mol. The second-order valence-corrected chi connectivity index (χ2v) is 6.10. The molecular formula is C7H16BrNO2S. The predicted molar refractivity (Wildman–Crippen MR) is 55.0 cm³/mol. The van der Waals surface area contributed by atoms with Crippen molar-refractivity contribution in [2.45, 2.75) is 13.8 Å². The second-order valence-electron chi connectivity index (χ2n) is 3.18. The van der Waals surface area contributed by atoms with Gasteiger partial charge in [-0.25, -0.2) is 12.7 Å². The Labute approximate surface area is 83.3 Å². The third-order valence-corrected chi connectivity index (χ3v) is 3.99. The van der Waals surface area contributed by atoms with E-state index in [-0.39, 0.29) is 11.7 Å². The Kier molecular flexibility index (Phi) is 5.36. The number of hydrogen-bond donors (Lipinski definition) is 0. The van der Waals surface area contributed by atoms with E-state index < -0.39 is 10.0 Å². The van der Waals surface area contributed by atoms with Gasteiger partial charge in [-0.3, -0.25) is 0 Å². The van der Waals surface area contributed by atoms with Crippen LogP contribution < -0.4 is 0 Å². The van der Waals surface area contributed by atoms with Gasteiger partial charge in [-0.15, -0.1) is 0 Å². The van der Waals surface area contributed by atoms with Crippen LogP contribution in [0, 0.1) is 5.92 Å². The van der Waals surface area contributed by atoms with E-state index in [1.807, 2.05) is 13.8 Å². The predicted octanol–water partition coefficient (Wildman–Crippen LogP) is 1.30. The molecule has 0 saturated heterocycles. The van der Waals surface area contributed by atoms with Gasteiger partial charge in [0.25, 0.3) is 0 Å². The van der Waals surface area contributed by atoms with E-state index in [1.165, 1.54) is 4.31 Å². The molecule has 0 fully saturated rings. The lowest BCUT2D eigenvalue weighted by molar-refractivity contribution is 0.481. The van der Waals surface area contributed by atoms with Crippen molar-refractivity contribution in [3.8, 4) is 0 Å². The fraction of sp³-hybridized carbons (Fsp3) is 1.00. The number of sulfonamides is 1. The Balaban J connectivity index is 4.20. The Morgan fingerprint density at radius 3 is 2.25 bits per heavy atom. The van der Waals surface area contributed by atoms with Gasteiger partial charge in [0.1, 0.15) is 0 Å². The maximum atomic E-state index is 11.4.